The molecule has 5 nitrogen and oxygen atoms in total. The van der Waals surface area contributed by atoms with Crippen LogP contribution in [0.2, 0.25) is 0 Å². The third kappa shape index (κ3) is 4.00. The van der Waals surface area contributed by atoms with Crippen molar-refractivity contribution in [3.05, 3.63) is 66.1 Å². The Hall–Kier alpha value is -2.92. The van der Waals surface area contributed by atoms with Gasteiger partial charge in [0.15, 0.2) is 0 Å². The van der Waals surface area contributed by atoms with E-state index in [1.165, 1.54) is 0 Å². The summed E-state index contributed by atoms with van der Waals surface area (Å²) in [5.74, 6) is 1.90. The highest BCUT2D eigenvalue weighted by molar-refractivity contribution is 5.72. The van der Waals surface area contributed by atoms with Crippen molar-refractivity contribution in [3.63, 3.8) is 0 Å². The van der Waals surface area contributed by atoms with Crippen LogP contribution in [0.5, 0.6) is 17.2 Å². The zero-order chi connectivity index (χ0) is 18.4. The van der Waals surface area contributed by atoms with E-state index in [1.54, 1.807) is 32.8 Å². The van der Waals surface area contributed by atoms with Gasteiger partial charge >= 0.3 is 0 Å². The van der Waals surface area contributed by atoms with E-state index in [0.717, 1.165) is 46.7 Å². The fraction of sp³-hybridized carbons (Fsp3) is 0.238. The minimum Gasteiger partial charge on any atom is -0.508 e. The molecular formula is C21H23NO4. The number of nitrogens with one attached hydrogen (secondary N) is 1. The average Bonchev–Trinajstić information content (AvgIpc) is 3.20. The predicted molar refractivity (Wildman–Crippen MR) is 101 cm³/mol. The number of hydrogen-bond donors (Lipinski definition) is 2. The van der Waals surface area contributed by atoms with Crippen molar-refractivity contribution in [1.29, 1.82) is 0 Å². The molecule has 26 heavy (non-hydrogen) atoms. The van der Waals surface area contributed by atoms with Crippen LogP contribution in [0.15, 0.2) is 59.4 Å². The van der Waals surface area contributed by atoms with Gasteiger partial charge in [-0.2, -0.15) is 0 Å². The van der Waals surface area contributed by atoms with E-state index in [9.17, 15) is 5.11 Å². The lowest BCUT2D eigenvalue weighted by atomic mass is 10.0. The second-order valence-corrected chi connectivity index (χ2v) is 5.93. The predicted octanol–water partition coefficient (Wildman–Crippen LogP) is 4.00. The van der Waals surface area contributed by atoms with E-state index in [4.69, 9.17) is 13.9 Å². The van der Waals surface area contributed by atoms with E-state index < -0.39 is 0 Å². The van der Waals surface area contributed by atoms with Gasteiger partial charge in [-0.1, -0.05) is 18.2 Å². The van der Waals surface area contributed by atoms with Crippen molar-refractivity contribution < 1.29 is 19.0 Å². The minimum atomic E-state index is 0.309. The Bertz CT molecular complexity index is 843. The summed E-state index contributed by atoms with van der Waals surface area (Å²) in [7, 11) is 3.32. The summed E-state index contributed by atoms with van der Waals surface area (Å²) < 4.78 is 16.3. The zero-order valence-corrected chi connectivity index (χ0v) is 15.0. The fourth-order valence-corrected chi connectivity index (χ4v) is 2.91. The summed E-state index contributed by atoms with van der Waals surface area (Å²) in [6, 6.07) is 13.2. The molecule has 136 valence electrons. The number of benzene rings is 2. The Morgan fingerprint density at radius 1 is 1.00 bits per heavy atom. The van der Waals surface area contributed by atoms with E-state index >= 15 is 0 Å². The molecule has 1 aromatic heterocycles. The van der Waals surface area contributed by atoms with Crippen LogP contribution in [0.4, 0.5) is 0 Å². The molecular weight excluding hydrogens is 330 g/mol. The quantitative estimate of drug-likeness (QED) is 0.599. The second-order valence-electron chi connectivity index (χ2n) is 5.93. The minimum absolute atomic E-state index is 0.309. The molecule has 0 aliphatic heterocycles. The summed E-state index contributed by atoms with van der Waals surface area (Å²) in [5.41, 5.74) is 3.82. The molecule has 0 saturated heterocycles. The molecule has 0 amide bonds. The third-order valence-electron chi connectivity index (χ3n) is 4.31. The van der Waals surface area contributed by atoms with Gasteiger partial charge in [0.2, 0.25) is 0 Å². The summed E-state index contributed by atoms with van der Waals surface area (Å²) in [5, 5.41) is 13.2. The number of rotatable bonds is 8. The maximum atomic E-state index is 9.81. The van der Waals surface area contributed by atoms with Crippen LogP contribution in [0.25, 0.3) is 11.1 Å². The maximum Gasteiger partial charge on any atom is 0.127 e. The van der Waals surface area contributed by atoms with Crippen LogP contribution in [-0.4, -0.2) is 25.9 Å². The fourth-order valence-electron chi connectivity index (χ4n) is 2.91. The number of hydrogen-bond acceptors (Lipinski definition) is 5. The number of furan rings is 1. The molecule has 0 fully saturated rings. The topological polar surface area (TPSA) is 63.9 Å². The van der Waals surface area contributed by atoms with Gasteiger partial charge in [0.05, 0.1) is 26.7 Å². The van der Waals surface area contributed by atoms with Gasteiger partial charge in [0.1, 0.15) is 17.2 Å². The number of para-hydroxylation sites is 1. The highest BCUT2D eigenvalue weighted by Gasteiger charge is 2.13. The van der Waals surface area contributed by atoms with Crippen LogP contribution < -0.4 is 14.8 Å². The molecule has 0 atom stereocenters. The average molecular weight is 353 g/mol. The lowest BCUT2D eigenvalue weighted by molar-refractivity contribution is 0.399. The molecule has 2 aromatic carbocycles. The monoisotopic (exact) mass is 353 g/mol. The van der Waals surface area contributed by atoms with E-state index in [1.807, 2.05) is 36.4 Å². The maximum absolute atomic E-state index is 9.81. The van der Waals surface area contributed by atoms with Crippen LogP contribution >= 0.6 is 0 Å². The zero-order valence-electron chi connectivity index (χ0n) is 15.0. The number of phenolic OH excluding ortho intramolecular Hbond substituents is 1. The van der Waals surface area contributed by atoms with Crippen molar-refractivity contribution in [1.82, 2.24) is 5.32 Å². The van der Waals surface area contributed by atoms with E-state index in [-0.39, 0.29) is 0 Å². The van der Waals surface area contributed by atoms with Crippen molar-refractivity contribution >= 4 is 0 Å². The summed E-state index contributed by atoms with van der Waals surface area (Å²) in [4.78, 5) is 0. The van der Waals surface area contributed by atoms with Gasteiger partial charge in [-0.05, 0) is 42.8 Å². The van der Waals surface area contributed by atoms with Crippen LogP contribution in [-0.2, 0) is 13.0 Å². The lowest BCUT2D eigenvalue weighted by Crippen LogP contribution is -2.17. The third-order valence-corrected chi connectivity index (χ3v) is 4.31. The summed E-state index contributed by atoms with van der Waals surface area (Å²) in [6.45, 7) is 1.36. The first-order chi connectivity index (χ1) is 12.7. The van der Waals surface area contributed by atoms with Gasteiger partial charge < -0.3 is 24.3 Å². The molecule has 0 spiro atoms. The van der Waals surface area contributed by atoms with Crippen LogP contribution in [0, 0.1) is 0 Å². The van der Waals surface area contributed by atoms with Crippen molar-refractivity contribution in [3.8, 4) is 28.4 Å². The van der Waals surface area contributed by atoms with Crippen LogP contribution in [0.3, 0.4) is 0 Å². The van der Waals surface area contributed by atoms with Crippen molar-refractivity contribution in [2.45, 2.75) is 13.0 Å². The van der Waals surface area contributed by atoms with Crippen molar-refractivity contribution in [2.24, 2.45) is 0 Å². The molecule has 0 aliphatic carbocycles. The summed E-state index contributed by atoms with van der Waals surface area (Å²) in [6.07, 6.45) is 4.10. The first-order valence-corrected chi connectivity index (χ1v) is 8.48. The van der Waals surface area contributed by atoms with Gasteiger partial charge in [-0.3, -0.25) is 0 Å². The van der Waals surface area contributed by atoms with Gasteiger partial charge in [0.25, 0.3) is 0 Å². The normalized spacial score (nSPS) is 10.7. The SMILES string of the molecule is COc1cc(-c2ccoc2)c(OC)cc1CCNCc1ccccc1O. The Labute approximate surface area is 153 Å². The molecule has 0 bridgehead atoms. The van der Waals surface area contributed by atoms with Crippen molar-refractivity contribution in [2.75, 3.05) is 20.8 Å². The Morgan fingerprint density at radius 3 is 2.50 bits per heavy atom. The number of phenols is 1. The molecule has 5 heteroatoms. The number of aromatic hydroxyl groups is 1. The number of methoxy groups -OCH3 is 2. The molecule has 1 heterocycles. The van der Waals surface area contributed by atoms with Crippen LogP contribution in [0.1, 0.15) is 11.1 Å². The first-order valence-electron chi connectivity index (χ1n) is 8.48. The molecule has 0 aliphatic rings. The smallest absolute Gasteiger partial charge is 0.127 e. The molecule has 3 aromatic rings. The largest absolute Gasteiger partial charge is 0.508 e. The molecule has 0 unspecified atom stereocenters. The Kier molecular flexibility index (Phi) is 5.81. The highest BCUT2D eigenvalue weighted by Crippen LogP contribution is 2.36. The van der Waals surface area contributed by atoms with E-state index in [2.05, 4.69) is 5.32 Å². The Balaban J connectivity index is 1.70. The van der Waals surface area contributed by atoms with Gasteiger partial charge in [-0.15, -0.1) is 0 Å². The molecule has 0 saturated carbocycles. The summed E-state index contributed by atoms with van der Waals surface area (Å²) >= 11 is 0. The lowest BCUT2D eigenvalue weighted by Gasteiger charge is -2.15. The van der Waals surface area contributed by atoms with E-state index in [0.29, 0.717) is 12.3 Å². The molecule has 0 radical (unpaired) electrons. The highest BCUT2D eigenvalue weighted by atomic mass is 16.5. The second kappa shape index (κ2) is 8.45. The van der Waals surface area contributed by atoms with Gasteiger partial charge in [0, 0.05) is 23.2 Å². The standard InChI is InChI=1S/C21H23NO4/c1-24-20-12-18(17-8-10-26-14-17)21(25-2)11-15(20)7-9-22-13-16-5-3-4-6-19(16)23/h3-6,8,10-12,14,22-23H,7,9,13H2,1-2H3. The number of ether oxygens (including phenoxy) is 2. The van der Waals surface area contributed by atoms with Gasteiger partial charge in [-0.25, -0.2) is 0 Å². The first kappa shape index (κ1) is 17.9. The Morgan fingerprint density at radius 2 is 1.81 bits per heavy atom. The molecule has 3 rings (SSSR count). The molecule has 2 N–H and O–H groups in total.